The van der Waals surface area contributed by atoms with Crippen LogP contribution in [0.4, 0.5) is 4.39 Å². The molecule has 1 aliphatic rings. The lowest BCUT2D eigenvalue weighted by atomic mass is 9.83. The fourth-order valence-corrected chi connectivity index (χ4v) is 1.98. The van der Waals surface area contributed by atoms with E-state index < -0.39 is 0 Å². The standard InChI is InChI=1S/C11H12FNO/c12-10-7-13-6-5-8(10)9-3-1-2-4-11(9)14/h5-7,9H,1-4H2. The number of ketones is 1. The van der Waals surface area contributed by atoms with E-state index in [1.54, 1.807) is 12.3 Å². The van der Waals surface area contributed by atoms with Crippen molar-refractivity contribution in [2.45, 2.75) is 31.6 Å². The molecule has 1 heterocycles. The Balaban J connectivity index is 2.29. The molecule has 1 aromatic rings. The SMILES string of the molecule is O=C1CCCCC1c1ccncc1F. The van der Waals surface area contributed by atoms with E-state index in [9.17, 15) is 9.18 Å². The summed E-state index contributed by atoms with van der Waals surface area (Å²) in [6, 6.07) is 1.61. The minimum atomic E-state index is -0.354. The molecule has 1 fully saturated rings. The highest BCUT2D eigenvalue weighted by molar-refractivity contribution is 5.86. The fourth-order valence-electron chi connectivity index (χ4n) is 1.98. The molecule has 0 N–H and O–H groups in total. The zero-order chi connectivity index (χ0) is 9.97. The molecule has 0 spiro atoms. The van der Waals surface area contributed by atoms with Gasteiger partial charge in [-0.1, -0.05) is 6.42 Å². The van der Waals surface area contributed by atoms with E-state index in [2.05, 4.69) is 4.98 Å². The van der Waals surface area contributed by atoms with Crippen molar-refractivity contribution in [1.82, 2.24) is 4.98 Å². The lowest BCUT2D eigenvalue weighted by Gasteiger charge is -2.20. The molecule has 2 rings (SSSR count). The predicted octanol–water partition coefficient (Wildman–Crippen LogP) is 2.45. The first-order chi connectivity index (χ1) is 6.79. The number of rotatable bonds is 1. The summed E-state index contributed by atoms with van der Waals surface area (Å²) in [5.41, 5.74) is 0.518. The number of Topliss-reactive ketones (excluding diaryl/α,β-unsaturated/α-hetero) is 1. The molecule has 1 atom stereocenters. The monoisotopic (exact) mass is 193 g/mol. The molecule has 1 saturated carbocycles. The minimum Gasteiger partial charge on any atom is -0.299 e. The first kappa shape index (κ1) is 9.31. The number of carbonyl (C=O) groups is 1. The quantitative estimate of drug-likeness (QED) is 0.685. The Bertz CT molecular complexity index is 351. The molecule has 2 nitrogen and oxygen atoms in total. The number of hydrogen-bond donors (Lipinski definition) is 0. The van der Waals surface area contributed by atoms with E-state index in [-0.39, 0.29) is 17.5 Å². The maximum absolute atomic E-state index is 13.3. The number of carbonyl (C=O) groups excluding carboxylic acids is 1. The Morgan fingerprint density at radius 1 is 1.43 bits per heavy atom. The molecule has 74 valence electrons. The molecule has 1 aliphatic carbocycles. The van der Waals surface area contributed by atoms with Gasteiger partial charge >= 0.3 is 0 Å². The van der Waals surface area contributed by atoms with Gasteiger partial charge in [0.25, 0.3) is 0 Å². The van der Waals surface area contributed by atoms with Crippen LogP contribution < -0.4 is 0 Å². The summed E-state index contributed by atoms with van der Waals surface area (Å²) in [6.07, 6.45) is 6.05. The summed E-state index contributed by atoms with van der Waals surface area (Å²) in [5, 5.41) is 0. The van der Waals surface area contributed by atoms with Crippen LogP contribution in [0.25, 0.3) is 0 Å². The van der Waals surface area contributed by atoms with Crippen molar-refractivity contribution >= 4 is 5.78 Å². The zero-order valence-electron chi connectivity index (χ0n) is 7.87. The van der Waals surface area contributed by atoms with E-state index in [1.807, 2.05) is 0 Å². The molecule has 1 aromatic heterocycles. The van der Waals surface area contributed by atoms with Crippen LogP contribution >= 0.6 is 0 Å². The Kier molecular flexibility index (Phi) is 2.57. The second-order valence-corrected chi connectivity index (χ2v) is 3.66. The largest absolute Gasteiger partial charge is 0.299 e. The molecule has 0 aromatic carbocycles. The van der Waals surface area contributed by atoms with E-state index in [0.717, 1.165) is 19.3 Å². The van der Waals surface area contributed by atoms with Gasteiger partial charge in [0.2, 0.25) is 0 Å². The second kappa shape index (κ2) is 3.86. The molecule has 3 heteroatoms. The summed E-state index contributed by atoms with van der Waals surface area (Å²) in [6.45, 7) is 0. The van der Waals surface area contributed by atoms with Crippen LogP contribution in [-0.2, 0) is 4.79 Å². The summed E-state index contributed by atoms with van der Waals surface area (Å²) in [7, 11) is 0. The van der Waals surface area contributed by atoms with E-state index >= 15 is 0 Å². The predicted molar refractivity (Wildman–Crippen MR) is 50.4 cm³/mol. The van der Waals surface area contributed by atoms with Crippen LogP contribution in [0, 0.1) is 5.82 Å². The number of pyridine rings is 1. The van der Waals surface area contributed by atoms with Crippen molar-refractivity contribution in [3.05, 3.63) is 29.8 Å². The Hall–Kier alpha value is -1.25. The van der Waals surface area contributed by atoms with Crippen molar-refractivity contribution < 1.29 is 9.18 Å². The molecule has 0 bridgehead atoms. The third-order valence-corrected chi connectivity index (χ3v) is 2.73. The van der Waals surface area contributed by atoms with Gasteiger partial charge in [0.1, 0.15) is 11.6 Å². The van der Waals surface area contributed by atoms with Gasteiger partial charge in [0, 0.05) is 24.1 Å². The van der Waals surface area contributed by atoms with Gasteiger partial charge in [-0.3, -0.25) is 9.78 Å². The molecule has 0 aliphatic heterocycles. The lowest BCUT2D eigenvalue weighted by molar-refractivity contribution is -0.121. The smallest absolute Gasteiger partial charge is 0.145 e. The third-order valence-electron chi connectivity index (χ3n) is 2.73. The minimum absolute atomic E-state index is 0.168. The number of aromatic nitrogens is 1. The van der Waals surface area contributed by atoms with Gasteiger partial charge in [-0.15, -0.1) is 0 Å². The van der Waals surface area contributed by atoms with Gasteiger partial charge in [-0.05, 0) is 18.9 Å². The van der Waals surface area contributed by atoms with Crippen molar-refractivity contribution in [3.8, 4) is 0 Å². The van der Waals surface area contributed by atoms with Gasteiger partial charge in [0.15, 0.2) is 0 Å². The Morgan fingerprint density at radius 2 is 2.29 bits per heavy atom. The Morgan fingerprint density at radius 3 is 3.00 bits per heavy atom. The number of halogens is 1. The normalized spacial score (nSPS) is 22.4. The molecule has 14 heavy (non-hydrogen) atoms. The zero-order valence-corrected chi connectivity index (χ0v) is 7.87. The van der Waals surface area contributed by atoms with Crippen LogP contribution in [0.2, 0.25) is 0 Å². The van der Waals surface area contributed by atoms with Crippen molar-refractivity contribution in [3.63, 3.8) is 0 Å². The average molecular weight is 193 g/mol. The van der Waals surface area contributed by atoms with E-state index in [4.69, 9.17) is 0 Å². The molecule has 1 unspecified atom stereocenters. The number of nitrogens with zero attached hydrogens (tertiary/aromatic N) is 1. The van der Waals surface area contributed by atoms with Crippen molar-refractivity contribution in [1.29, 1.82) is 0 Å². The Labute approximate surface area is 82.2 Å². The van der Waals surface area contributed by atoms with Crippen LogP contribution in [0.5, 0.6) is 0 Å². The average Bonchev–Trinajstić information content (AvgIpc) is 2.20. The van der Waals surface area contributed by atoms with Gasteiger partial charge in [-0.25, -0.2) is 4.39 Å². The van der Waals surface area contributed by atoms with Crippen LogP contribution in [-0.4, -0.2) is 10.8 Å². The molecular formula is C11H12FNO. The first-order valence-corrected chi connectivity index (χ1v) is 4.91. The van der Waals surface area contributed by atoms with Gasteiger partial charge < -0.3 is 0 Å². The second-order valence-electron chi connectivity index (χ2n) is 3.66. The highest BCUT2D eigenvalue weighted by Crippen LogP contribution is 2.30. The van der Waals surface area contributed by atoms with Gasteiger partial charge in [-0.2, -0.15) is 0 Å². The summed E-state index contributed by atoms with van der Waals surface area (Å²) in [5.74, 6) is -0.416. The van der Waals surface area contributed by atoms with E-state index in [0.29, 0.717) is 12.0 Å². The van der Waals surface area contributed by atoms with Crippen LogP contribution in [0.3, 0.4) is 0 Å². The highest BCUT2D eigenvalue weighted by Gasteiger charge is 2.25. The topological polar surface area (TPSA) is 30.0 Å². The highest BCUT2D eigenvalue weighted by atomic mass is 19.1. The summed E-state index contributed by atoms with van der Waals surface area (Å²) in [4.78, 5) is 15.2. The lowest BCUT2D eigenvalue weighted by Crippen LogP contribution is -2.18. The van der Waals surface area contributed by atoms with Crippen LogP contribution in [0.1, 0.15) is 37.2 Å². The third kappa shape index (κ3) is 1.67. The molecule has 0 saturated heterocycles. The fraction of sp³-hybridized carbons (Fsp3) is 0.455. The molecule has 0 amide bonds. The maximum Gasteiger partial charge on any atom is 0.145 e. The summed E-state index contributed by atoms with van der Waals surface area (Å²) >= 11 is 0. The van der Waals surface area contributed by atoms with E-state index in [1.165, 1.54) is 6.20 Å². The first-order valence-electron chi connectivity index (χ1n) is 4.91. The van der Waals surface area contributed by atoms with Crippen molar-refractivity contribution in [2.75, 3.05) is 0 Å². The molecular weight excluding hydrogens is 181 g/mol. The summed E-state index contributed by atoms with van der Waals surface area (Å²) < 4.78 is 13.3. The number of hydrogen-bond acceptors (Lipinski definition) is 2. The maximum atomic E-state index is 13.3. The van der Waals surface area contributed by atoms with Gasteiger partial charge in [0.05, 0.1) is 6.20 Å². The molecule has 0 radical (unpaired) electrons. The van der Waals surface area contributed by atoms with Crippen molar-refractivity contribution in [2.24, 2.45) is 0 Å². The van der Waals surface area contributed by atoms with Crippen LogP contribution in [0.15, 0.2) is 18.5 Å².